The van der Waals surface area contributed by atoms with Crippen molar-refractivity contribution in [3.8, 4) is 0 Å². The van der Waals surface area contributed by atoms with Crippen LogP contribution in [-0.4, -0.2) is 108 Å². The van der Waals surface area contributed by atoms with Gasteiger partial charge in [-0.05, 0) is 48.5 Å². The first kappa shape index (κ1) is 62.4. The van der Waals surface area contributed by atoms with Crippen LogP contribution in [0.1, 0.15) is 22.3 Å². The van der Waals surface area contributed by atoms with Crippen molar-refractivity contribution < 1.29 is 72.6 Å². The Labute approximate surface area is 345 Å². The average Bonchev–Trinajstić information content (AvgIpc) is 3.15. The zero-order valence-corrected chi connectivity index (χ0v) is 29.5. The van der Waals surface area contributed by atoms with E-state index in [0.717, 1.165) is 33.1 Å². The van der Waals surface area contributed by atoms with E-state index in [1.54, 1.807) is 12.1 Å². The summed E-state index contributed by atoms with van der Waals surface area (Å²) in [5.74, 6) is -10.4. The number of carbonyl (C=O) groups excluding carboxylic acids is 6. The molecule has 1 saturated carbocycles. The number of ketones is 6. The van der Waals surface area contributed by atoms with Gasteiger partial charge in [-0.1, -0.05) is 70.8 Å². The molecule has 8 aromatic rings. The van der Waals surface area contributed by atoms with E-state index in [9.17, 15) is 28.8 Å². The van der Waals surface area contributed by atoms with Gasteiger partial charge in [0.25, 0.3) is 34.7 Å². The van der Waals surface area contributed by atoms with Crippen molar-refractivity contribution >= 4 is 112 Å². The van der Waals surface area contributed by atoms with Crippen LogP contribution in [0.25, 0.3) is 66.2 Å². The zero-order valence-electron chi connectivity index (χ0n) is 29.5. The summed E-state index contributed by atoms with van der Waals surface area (Å²) in [6.45, 7) is 0. The van der Waals surface area contributed by atoms with Crippen molar-refractivity contribution in [2.45, 2.75) is 22.3 Å². The number of para-hydroxylation sites is 8. The number of fused-ring (bicyclic) bond motifs is 9. The molecule has 1 aliphatic rings. The van der Waals surface area contributed by atoms with Gasteiger partial charge in [0.2, 0.25) is 0 Å². The monoisotopic (exact) mass is 852 g/mol. The zero-order chi connectivity index (χ0) is 35.1. The minimum atomic E-state index is -1.73. The summed E-state index contributed by atoms with van der Waals surface area (Å²) >= 11 is 0. The van der Waals surface area contributed by atoms with Gasteiger partial charge in [0.1, 0.15) is 33.1 Å². The van der Waals surface area contributed by atoms with Gasteiger partial charge in [0, 0.05) is 0 Å². The summed E-state index contributed by atoms with van der Waals surface area (Å²) in [6, 6.07) is 30.7. The molecule has 0 amide bonds. The first-order chi connectivity index (χ1) is 24.1. The molecular weight excluding hydrogens is 804 g/mol. The van der Waals surface area contributed by atoms with Crippen LogP contribution in [0.4, 0.5) is 11.4 Å². The minimum Gasteiger partial charge on any atom is -0.412 e. The van der Waals surface area contributed by atoms with Gasteiger partial charge in [-0.3, -0.25) is 28.8 Å². The van der Waals surface area contributed by atoms with E-state index < -0.39 is 34.7 Å². The number of hydrogen-bond donors (Lipinski definition) is 2. The first-order valence-corrected chi connectivity index (χ1v) is 14.8. The molecule has 20 N–H and O–H groups in total. The number of benzene rings is 5. The van der Waals surface area contributed by atoms with Crippen LogP contribution in [-0.2, 0) is 28.8 Å². The molecule has 0 radical (unpaired) electrons. The number of nitrogens with two attached hydrogens (primary N) is 2. The van der Waals surface area contributed by atoms with Crippen LogP contribution in [0.5, 0.6) is 0 Å². The Kier molecular flexibility index (Phi) is 25.4. The highest BCUT2D eigenvalue weighted by molar-refractivity contribution is 7.08. The van der Waals surface area contributed by atoms with Crippen LogP contribution < -0.4 is 11.5 Å². The molecule has 1 fully saturated rings. The lowest BCUT2D eigenvalue weighted by atomic mass is 9.93. The Morgan fingerprint density at radius 1 is 0.262 bits per heavy atom. The number of nitrogen functional groups attached to an aromatic ring is 2. The molecule has 22 nitrogen and oxygen atoms in total. The largest absolute Gasteiger partial charge is 0.412 e. The van der Waals surface area contributed by atoms with E-state index in [-0.39, 0.29) is 66.1 Å². The van der Waals surface area contributed by atoms with Crippen LogP contribution >= 0.6 is 0 Å². The van der Waals surface area contributed by atoms with E-state index in [4.69, 9.17) is 41.4 Å². The fourth-order valence-corrected chi connectivity index (χ4v) is 5.12. The molecule has 5 aromatic carbocycles. The Hall–Kier alpha value is -7.80. The van der Waals surface area contributed by atoms with Crippen molar-refractivity contribution in [2.75, 3.05) is 11.5 Å². The summed E-state index contributed by atoms with van der Waals surface area (Å²) in [6.07, 6.45) is 0. The van der Waals surface area contributed by atoms with Crippen molar-refractivity contribution in [2.24, 2.45) is 0 Å². The molecule has 0 aliphatic heterocycles. The van der Waals surface area contributed by atoms with Crippen LogP contribution in [0.3, 0.4) is 0 Å². The summed E-state index contributed by atoms with van der Waals surface area (Å²) in [7, 11) is 0. The number of rotatable bonds is 0. The molecule has 22 heteroatoms. The van der Waals surface area contributed by atoms with Crippen LogP contribution in [0, 0.1) is 0 Å². The Balaban J connectivity index is -0.000000291. The highest BCUT2D eigenvalue weighted by atomic mass is 16.2. The topological polar surface area (TPSA) is 484 Å². The molecule has 1 aliphatic carbocycles. The first-order valence-electron chi connectivity index (χ1n) is 14.8. The maximum atomic E-state index is 10.4. The fourth-order valence-electron chi connectivity index (χ4n) is 5.12. The lowest BCUT2D eigenvalue weighted by molar-refractivity contribution is -0.158. The second-order valence-electron chi connectivity index (χ2n) is 10.8. The molecule has 0 saturated heterocycles. The Morgan fingerprint density at radius 2 is 0.393 bits per heavy atom. The number of hydrogen-bond acceptors (Lipinski definition) is 14. The lowest BCUT2D eigenvalue weighted by Crippen LogP contribution is -2.49. The third-order valence-corrected chi connectivity index (χ3v) is 7.62. The highest BCUT2D eigenvalue weighted by Gasteiger charge is 2.47. The molecule has 0 unspecified atom stereocenters. The second kappa shape index (κ2) is 24.9. The molecule has 0 spiro atoms. The number of carbonyl (C=O) groups is 6. The molecule has 3 aromatic heterocycles. The molecular formula is C39H48N8O14. The average molecular weight is 853 g/mol. The van der Waals surface area contributed by atoms with Gasteiger partial charge in [-0.2, -0.15) is 0 Å². The minimum absolute atomic E-state index is 0. The summed E-state index contributed by atoms with van der Waals surface area (Å²) in [5.41, 5.74) is 21.1. The summed E-state index contributed by atoms with van der Waals surface area (Å²) in [4.78, 5) is 91.9. The number of nitrogens with zero attached hydrogens (tertiary/aromatic N) is 6. The van der Waals surface area contributed by atoms with Gasteiger partial charge >= 0.3 is 0 Å². The van der Waals surface area contributed by atoms with E-state index in [1.165, 1.54) is 0 Å². The lowest BCUT2D eigenvalue weighted by Gasteiger charge is -2.10. The van der Waals surface area contributed by atoms with Gasteiger partial charge in [0.05, 0.1) is 44.5 Å². The third-order valence-electron chi connectivity index (χ3n) is 7.62. The van der Waals surface area contributed by atoms with Gasteiger partial charge in [-0.25, -0.2) is 29.9 Å². The van der Waals surface area contributed by atoms with E-state index in [2.05, 4.69) is 0 Å². The Morgan fingerprint density at radius 3 is 0.525 bits per heavy atom. The number of Topliss-reactive ketones (excluding diaryl/α,β-unsaturated/α-hetero) is 6. The van der Waals surface area contributed by atoms with Crippen molar-refractivity contribution in [3.63, 3.8) is 0 Å². The third kappa shape index (κ3) is 11.2. The van der Waals surface area contributed by atoms with Crippen molar-refractivity contribution in [1.29, 1.82) is 0 Å². The quantitative estimate of drug-likeness (QED) is 0.0763. The molecule has 0 bridgehead atoms. The summed E-state index contributed by atoms with van der Waals surface area (Å²) < 4.78 is 0. The molecule has 61 heavy (non-hydrogen) atoms. The van der Waals surface area contributed by atoms with E-state index in [1.807, 2.05) is 84.9 Å². The number of anilines is 2. The van der Waals surface area contributed by atoms with Gasteiger partial charge < -0.3 is 55.3 Å². The SMILES string of the molecule is C.C.C.Nc1ccccc1N.O.O.O.O.O.O.O.O.O=C1C(=O)C(=O)C(=O)C(=O)C1=O.c1ccc2nc3c(nc2c1)c1nc2ccccc2nc1c1nc2ccccc2nc31. The molecule has 3 heterocycles. The maximum absolute atomic E-state index is 10.4. The van der Waals surface area contributed by atoms with Crippen molar-refractivity contribution in [1.82, 2.24) is 29.9 Å². The van der Waals surface area contributed by atoms with Gasteiger partial charge in [-0.15, -0.1) is 0 Å². The number of aromatic nitrogens is 6. The predicted octanol–water partition coefficient (Wildman–Crippen LogP) is -1.45. The van der Waals surface area contributed by atoms with E-state index >= 15 is 0 Å². The standard InChI is InChI=1S/C24H12N6.C6H8N2.C6O6.3CH4.8H2O/c1-2-8-14-13(7-1)25-19-20(26-14)22-24(30-18-12-6-5-11-17(18)28-22)23-21(19)27-15-9-3-4-10-16(15)29-23;7-5-3-1-2-4-6(5)8;7-1-2(8)4(10)6(12)5(11)3(1)9;;;;;;;;;;;/h1-12H;1-4H,7-8H2;;3*1H4;8*1H2. The smallest absolute Gasteiger partial charge is 0.281 e. The molecule has 9 rings (SSSR count). The molecule has 328 valence electrons. The normalized spacial score (nSPS) is 10.8. The fraction of sp³-hybridized carbons (Fsp3) is 0.0769. The van der Waals surface area contributed by atoms with Gasteiger partial charge in [0.15, 0.2) is 0 Å². The second-order valence-corrected chi connectivity index (χ2v) is 10.8. The summed E-state index contributed by atoms with van der Waals surface area (Å²) in [5, 5.41) is 0. The molecule has 0 atom stereocenters. The van der Waals surface area contributed by atoms with Crippen molar-refractivity contribution in [3.05, 3.63) is 97.1 Å². The van der Waals surface area contributed by atoms with E-state index in [0.29, 0.717) is 44.5 Å². The Bertz CT molecular complexity index is 2330. The maximum Gasteiger partial charge on any atom is 0.281 e. The van der Waals surface area contributed by atoms with Crippen LogP contribution in [0.2, 0.25) is 0 Å². The predicted molar refractivity (Wildman–Crippen MR) is 233 cm³/mol. The highest BCUT2D eigenvalue weighted by Crippen LogP contribution is 2.32. The van der Waals surface area contributed by atoms with Crippen LogP contribution in [0.15, 0.2) is 97.1 Å².